The number of methoxy groups -OCH3 is 1. The van der Waals surface area contributed by atoms with Gasteiger partial charge in [0.15, 0.2) is 5.41 Å². The number of esters is 1. The van der Waals surface area contributed by atoms with Crippen molar-refractivity contribution in [3.05, 3.63) is 12.3 Å². The summed E-state index contributed by atoms with van der Waals surface area (Å²) in [7, 11) is -0.702. The van der Waals surface area contributed by atoms with Gasteiger partial charge in [-0.1, -0.05) is 48.1 Å². The Kier molecular flexibility index (Phi) is 5.55. The lowest BCUT2D eigenvalue weighted by Gasteiger charge is -2.43. The van der Waals surface area contributed by atoms with E-state index in [1.165, 1.54) is 7.11 Å². The lowest BCUT2D eigenvalue weighted by Crippen LogP contribution is -2.49. The largest absolute Gasteiger partial charge is 0.545 e. The summed E-state index contributed by atoms with van der Waals surface area (Å²) in [6, 6.07) is 0. The third-order valence-electron chi connectivity index (χ3n) is 6.24. The van der Waals surface area contributed by atoms with Crippen molar-refractivity contribution in [3.63, 3.8) is 0 Å². The number of carbonyl (C=O) groups is 1. The van der Waals surface area contributed by atoms with Crippen LogP contribution in [0.2, 0.25) is 16.6 Å². The Bertz CT molecular complexity index is 464. The van der Waals surface area contributed by atoms with Crippen LogP contribution in [0.1, 0.15) is 54.4 Å². The molecular formula is C19H34O4Si. The van der Waals surface area contributed by atoms with Crippen molar-refractivity contribution in [2.24, 2.45) is 11.3 Å². The van der Waals surface area contributed by atoms with Crippen molar-refractivity contribution in [1.82, 2.24) is 0 Å². The van der Waals surface area contributed by atoms with E-state index in [2.05, 4.69) is 48.1 Å². The van der Waals surface area contributed by atoms with Gasteiger partial charge >= 0.3 is 5.97 Å². The van der Waals surface area contributed by atoms with Crippen LogP contribution in [0.5, 0.6) is 0 Å². The first-order valence-corrected chi connectivity index (χ1v) is 11.4. The number of hydrogen-bond donors (Lipinski definition) is 0. The van der Waals surface area contributed by atoms with Gasteiger partial charge in [-0.15, -0.1) is 0 Å². The molecule has 2 fully saturated rings. The number of hydrogen-bond acceptors (Lipinski definition) is 4. The molecule has 1 heterocycles. The maximum Gasteiger partial charge on any atom is 0.322 e. The van der Waals surface area contributed by atoms with E-state index < -0.39 is 13.7 Å². The van der Waals surface area contributed by atoms with Crippen molar-refractivity contribution < 1.29 is 18.7 Å². The quantitative estimate of drug-likeness (QED) is 0.379. The van der Waals surface area contributed by atoms with Gasteiger partial charge in [0.05, 0.1) is 19.0 Å². The molecule has 1 saturated carbocycles. The van der Waals surface area contributed by atoms with Crippen molar-refractivity contribution in [3.8, 4) is 0 Å². The molecule has 0 aromatic heterocycles. The second kappa shape index (κ2) is 6.83. The molecule has 0 bridgehead atoms. The van der Waals surface area contributed by atoms with Crippen molar-refractivity contribution in [2.75, 3.05) is 13.7 Å². The minimum Gasteiger partial charge on any atom is -0.545 e. The van der Waals surface area contributed by atoms with E-state index in [9.17, 15) is 4.79 Å². The topological polar surface area (TPSA) is 44.8 Å². The lowest BCUT2D eigenvalue weighted by molar-refractivity contribution is -0.148. The normalized spacial score (nSPS) is 29.6. The zero-order valence-corrected chi connectivity index (χ0v) is 17.3. The summed E-state index contributed by atoms with van der Waals surface area (Å²) in [5.74, 6) is 0.502. The minimum absolute atomic E-state index is 0.121. The molecule has 0 radical (unpaired) electrons. The predicted molar refractivity (Wildman–Crippen MR) is 98.2 cm³/mol. The van der Waals surface area contributed by atoms with Crippen LogP contribution in [0.3, 0.4) is 0 Å². The van der Waals surface area contributed by atoms with E-state index in [1.54, 1.807) is 0 Å². The highest BCUT2D eigenvalue weighted by molar-refractivity contribution is 6.77. The SMILES string of the molecule is C=C(O[Si](C(C)C)(C(C)C)C(C)C)[C@]1(C(=O)OC)[C@@H]2CCCO[C@H]21. The number of carbonyl (C=O) groups excluding carboxylic acids is 1. The second-order valence-electron chi connectivity index (χ2n) is 8.24. The highest BCUT2D eigenvalue weighted by Gasteiger charge is 2.75. The number of rotatable bonds is 7. The molecule has 0 spiro atoms. The first-order chi connectivity index (χ1) is 11.2. The van der Waals surface area contributed by atoms with Gasteiger partial charge in [0.2, 0.25) is 0 Å². The molecule has 0 unspecified atom stereocenters. The van der Waals surface area contributed by atoms with Gasteiger partial charge in [-0.25, -0.2) is 0 Å². The Morgan fingerprint density at radius 1 is 1.17 bits per heavy atom. The molecule has 0 amide bonds. The fraction of sp³-hybridized carbons (Fsp3) is 0.842. The van der Waals surface area contributed by atoms with Crippen LogP contribution < -0.4 is 0 Å². The highest BCUT2D eigenvalue weighted by atomic mass is 28.4. The van der Waals surface area contributed by atoms with E-state index >= 15 is 0 Å². The molecule has 0 aromatic rings. The van der Waals surface area contributed by atoms with Crippen molar-refractivity contribution in [1.29, 1.82) is 0 Å². The van der Waals surface area contributed by atoms with Crippen LogP contribution in [-0.4, -0.2) is 34.1 Å². The highest BCUT2D eigenvalue weighted by Crippen LogP contribution is 2.65. The molecule has 0 N–H and O–H groups in total. The minimum atomic E-state index is -2.15. The maximum atomic E-state index is 12.7. The van der Waals surface area contributed by atoms with E-state index in [-0.39, 0.29) is 18.0 Å². The Morgan fingerprint density at radius 2 is 1.71 bits per heavy atom. The zero-order chi connectivity index (χ0) is 18.3. The average molecular weight is 355 g/mol. The summed E-state index contributed by atoms with van der Waals surface area (Å²) in [6.07, 6.45) is 1.83. The number of fused-ring (bicyclic) bond motifs is 1. The fourth-order valence-corrected chi connectivity index (χ4v) is 10.4. The van der Waals surface area contributed by atoms with Gasteiger partial charge in [0, 0.05) is 12.5 Å². The van der Waals surface area contributed by atoms with Crippen LogP contribution in [0.15, 0.2) is 12.3 Å². The van der Waals surface area contributed by atoms with Gasteiger partial charge < -0.3 is 13.9 Å². The standard InChI is InChI=1S/C19H34O4Si/c1-12(2)24(13(3)4,14(5)6)23-15(7)19(18(20)21-8)16-10-9-11-22-17(16)19/h12-14,16-17H,7,9-11H2,1-6,8H3/t16-,17-,19+/m1/s1. The summed E-state index contributed by atoms with van der Waals surface area (Å²) in [5.41, 5.74) is 0.518. The van der Waals surface area contributed by atoms with E-state index in [0.717, 1.165) is 12.8 Å². The van der Waals surface area contributed by atoms with Gasteiger partial charge in [0.25, 0.3) is 8.32 Å². The van der Waals surface area contributed by atoms with Gasteiger partial charge in [-0.3, -0.25) is 4.79 Å². The van der Waals surface area contributed by atoms with Crippen LogP contribution in [0.4, 0.5) is 0 Å². The van der Waals surface area contributed by atoms with Gasteiger partial charge in [-0.05, 0) is 29.5 Å². The third-order valence-corrected chi connectivity index (χ3v) is 12.3. The summed E-state index contributed by atoms with van der Waals surface area (Å²) in [6.45, 7) is 18.4. The monoisotopic (exact) mass is 354 g/mol. The van der Waals surface area contributed by atoms with Crippen molar-refractivity contribution >= 4 is 14.3 Å². The molecule has 24 heavy (non-hydrogen) atoms. The van der Waals surface area contributed by atoms with Crippen LogP contribution in [0, 0.1) is 11.3 Å². The first kappa shape index (κ1) is 19.5. The molecule has 5 heteroatoms. The molecule has 1 aliphatic heterocycles. The van der Waals surface area contributed by atoms with Gasteiger partial charge in [0.1, 0.15) is 0 Å². The Morgan fingerprint density at radius 3 is 2.08 bits per heavy atom. The Labute approximate surface area is 148 Å². The van der Waals surface area contributed by atoms with Gasteiger partial charge in [-0.2, -0.15) is 0 Å². The van der Waals surface area contributed by atoms with Crippen LogP contribution in [0.25, 0.3) is 0 Å². The average Bonchev–Trinajstić information content (AvgIpc) is 3.20. The number of ether oxygens (including phenoxy) is 2. The van der Waals surface area contributed by atoms with Crippen LogP contribution >= 0.6 is 0 Å². The fourth-order valence-electron chi connectivity index (χ4n) is 5.13. The molecule has 3 atom stereocenters. The summed E-state index contributed by atoms with van der Waals surface area (Å²) in [5, 5.41) is 0. The first-order valence-electron chi connectivity index (χ1n) is 9.25. The third kappa shape index (κ3) is 2.64. The summed E-state index contributed by atoms with van der Waals surface area (Å²) in [4.78, 5) is 12.7. The molecular weight excluding hydrogens is 320 g/mol. The smallest absolute Gasteiger partial charge is 0.322 e. The molecule has 0 aromatic carbocycles. The molecule has 4 nitrogen and oxygen atoms in total. The maximum absolute atomic E-state index is 12.7. The van der Waals surface area contributed by atoms with Crippen LogP contribution in [-0.2, 0) is 18.7 Å². The molecule has 1 saturated heterocycles. The predicted octanol–water partition coefficient (Wildman–Crippen LogP) is 4.66. The van der Waals surface area contributed by atoms with Crippen molar-refractivity contribution in [2.45, 2.75) is 77.1 Å². The molecule has 138 valence electrons. The van der Waals surface area contributed by atoms with E-state index in [1.807, 2.05) is 0 Å². The lowest BCUT2D eigenvalue weighted by atomic mass is 10.00. The Hall–Kier alpha value is -0.813. The summed E-state index contributed by atoms with van der Waals surface area (Å²) >= 11 is 0. The Balaban J connectivity index is 2.36. The molecule has 2 aliphatic rings. The molecule has 2 rings (SSSR count). The van der Waals surface area contributed by atoms with E-state index in [0.29, 0.717) is 29.0 Å². The summed E-state index contributed by atoms with van der Waals surface area (Å²) < 4.78 is 17.8. The second-order valence-corrected chi connectivity index (χ2v) is 13.6. The van der Waals surface area contributed by atoms with E-state index in [4.69, 9.17) is 13.9 Å². The molecule has 1 aliphatic carbocycles. The zero-order valence-electron chi connectivity index (χ0n) is 16.3.